The van der Waals surface area contributed by atoms with Gasteiger partial charge in [0.1, 0.15) is 11.6 Å². The van der Waals surface area contributed by atoms with Gasteiger partial charge in [-0.2, -0.15) is 5.10 Å². The summed E-state index contributed by atoms with van der Waals surface area (Å²) in [5.41, 5.74) is 4.48. The lowest BCUT2D eigenvalue weighted by Crippen LogP contribution is -2.05. The van der Waals surface area contributed by atoms with Crippen molar-refractivity contribution in [1.82, 2.24) is 9.78 Å². The fourth-order valence-corrected chi connectivity index (χ4v) is 3.40. The lowest BCUT2D eigenvalue weighted by Gasteiger charge is -2.08. The van der Waals surface area contributed by atoms with Crippen LogP contribution in [0.25, 0.3) is 5.69 Å². The summed E-state index contributed by atoms with van der Waals surface area (Å²) in [6.45, 7) is 0.937. The number of benzene rings is 2. The Bertz CT molecular complexity index is 888. The molecule has 0 spiro atoms. The molecule has 2 aromatic carbocycles. The average molecular weight is 340 g/mol. The summed E-state index contributed by atoms with van der Waals surface area (Å²) in [4.78, 5) is 0. The second kappa shape index (κ2) is 6.21. The maximum atomic E-state index is 6.14. The third-order valence-corrected chi connectivity index (χ3v) is 4.57. The zero-order valence-corrected chi connectivity index (χ0v) is 14.2. The minimum absolute atomic E-state index is 0.709. The zero-order chi connectivity index (χ0) is 16.5. The number of para-hydroxylation sites is 1. The van der Waals surface area contributed by atoms with Gasteiger partial charge in [0, 0.05) is 29.1 Å². The normalized spacial score (nSPS) is 12.8. The lowest BCUT2D eigenvalue weighted by molar-refractivity contribution is 0.410. The number of ether oxygens (including phenoxy) is 1. The fraction of sp³-hybridized carbons (Fsp3) is 0.211. The molecule has 0 atom stereocenters. The molecule has 3 aromatic rings. The molecule has 0 amide bonds. The van der Waals surface area contributed by atoms with Crippen LogP contribution in [0.15, 0.2) is 48.5 Å². The fourth-order valence-electron chi connectivity index (χ4n) is 3.21. The van der Waals surface area contributed by atoms with Gasteiger partial charge in [0.25, 0.3) is 0 Å². The number of anilines is 1. The van der Waals surface area contributed by atoms with Crippen LogP contribution in [0.3, 0.4) is 0 Å². The zero-order valence-electron chi connectivity index (χ0n) is 13.4. The molecule has 0 fully saturated rings. The highest BCUT2D eigenvalue weighted by Crippen LogP contribution is 2.32. The second-order valence-electron chi connectivity index (χ2n) is 5.83. The molecule has 122 valence electrons. The quantitative estimate of drug-likeness (QED) is 0.778. The number of fused-ring (bicyclic) bond motifs is 1. The summed E-state index contributed by atoms with van der Waals surface area (Å²) in [5, 5.41) is 9.01. The first-order valence-corrected chi connectivity index (χ1v) is 8.36. The SMILES string of the molecule is COc1ccccc1Cc1nn(-c2cccc(Cl)c2)c2c1CCN2. The van der Waals surface area contributed by atoms with E-state index in [2.05, 4.69) is 11.4 Å². The first-order chi connectivity index (χ1) is 11.8. The number of nitrogens with zero attached hydrogens (tertiary/aromatic N) is 2. The molecule has 0 saturated heterocycles. The molecular weight excluding hydrogens is 322 g/mol. The maximum Gasteiger partial charge on any atom is 0.133 e. The van der Waals surface area contributed by atoms with E-state index in [-0.39, 0.29) is 0 Å². The topological polar surface area (TPSA) is 39.1 Å². The Morgan fingerprint density at radius 3 is 2.92 bits per heavy atom. The molecule has 1 aliphatic rings. The van der Waals surface area contributed by atoms with Crippen LogP contribution in [0.4, 0.5) is 5.82 Å². The predicted octanol–water partition coefficient (Wildman–Crippen LogP) is 4.09. The van der Waals surface area contributed by atoms with Crippen molar-refractivity contribution in [2.24, 2.45) is 0 Å². The highest BCUT2D eigenvalue weighted by atomic mass is 35.5. The van der Waals surface area contributed by atoms with Crippen molar-refractivity contribution in [1.29, 1.82) is 0 Å². The van der Waals surface area contributed by atoms with Gasteiger partial charge in [-0.1, -0.05) is 35.9 Å². The summed E-state index contributed by atoms with van der Waals surface area (Å²) in [6, 6.07) is 15.9. The number of methoxy groups -OCH3 is 1. The summed E-state index contributed by atoms with van der Waals surface area (Å²) >= 11 is 6.14. The molecule has 4 rings (SSSR count). The molecule has 4 nitrogen and oxygen atoms in total. The number of aromatic nitrogens is 2. The van der Waals surface area contributed by atoms with Crippen molar-refractivity contribution in [3.8, 4) is 11.4 Å². The van der Waals surface area contributed by atoms with Gasteiger partial charge in [0.15, 0.2) is 0 Å². The Hall–Kier alpha value is -2.46. The van der Waals surface area contributed by atoms with Gasteiger partial charge >= 0.3 is 0 Å². The molecule has 5 heteroatoms. The number of nitrogens with one attached hydrogen (secondary N) is 1. The van der Waals surface area contributed by atoms with E-state index in [1.54, 1.807) is 7.11 Å². The van der Waals surface area contributed by atoms with Crippen LogP contribution in [0, 0.1) is 0 Å². The molecule has 24 heavy (non-hydrogen) atoms. The van der Waals surface area contributed by atoms with Crippen LogP contribution in [0.1, 0.15) is 16.8 Å². The van der Waals surface area contributed by atoms with Gasteiger partial charge < -0.3 is 10.1 Å². The van der Waals surface area contributed by atoms with Crippen molar-refractivity contribution < 1.29 is 4.74 Å². The van der Waals surface area contributed by atoms with E-state index in [0.29, 0.717) is 5.02 Å². The lowest BCUT2D eigenvalue weighted by atomic mass is 10.0. The molecular formula is C19H18ClN3O. The Labute approximate surface area is 146 Å². The first kappa shape index (κ1) is 15.1. The Kier molecular flexibility index (Phi) is 3.90. The molecule has 0 unspecified atom stereocenters. The van der Waals surface area contributed by atoms with Crippen LogP contribution in [0.5, 0.6) is 5.75 Å². The van der Waals surface area contributed by atoms with E-state index in [1.165, 1.54) is 5.56 Å². The van der Waals surface area contributed by atoms with E-state index < -0.39 is 0 Å². The molecule has 1 N–H and O–H groups in total. The average Bonchev–Trinajstić information content (AvgIpc) is 3.19. The van der Waals surface area contributed by atoms with Crippen LogP contribution in [-0.2, 0) is 12.8 Å². The molecule has 0 aliphatic carbocycles. The first-order valence-electron chi connectivity index (χ1n) is 7.99. The molecule has 0 bridgehead atoms. The van der Waals surface area contributed by atoms with Crippen molar-refractivity contribution in [2.45, 2.75) is 12.8 Å². The third kappa shape index (κ3) is 2.63. The molecule has 1 aliphatic heterocycles. The second-order valence-corrected chi connectivity index (χ2v) is 6.27. The van der Waals surface area contributed by atoms with E-state index in [0.717, 1.165) is 47.9 Å². The summed E-state index contributed by atoms with van der Waals surface area (Å²) < 4.78 is 7.43. The van der Waals surface area contributed by atoms with Crippen molar-refractivity contribution in [3.05, 3.63) is 70.4 Å². The van der Waals surface area contributed by atoms with Crippen LogP contribution in [-0.4, -0.2) is 23.4 Å². The highest BCUT2D eigenvalue weighted by Gasteiger charge is 2.23. The molecule has 1 aromatic heterocycles. The number of rotatable bonds is 4. The van der Waals surface area contributed by atoms with Gasteiger partial charge in [-0.3, -0.25) is 0 Å². The van der Waals surface area contributed by atoms with Gasteiger partial charge in [-0.15, -0.1) is 0 Å². The van der Waals surface area contributed by atoms with Crippen LogP contribution in [0.2, 0.25) is 5.02 Å². The third-order valence-electron chi connectivity index (χ3n) is 4.34. The minimum atomic E-state index is 0.709. The largest absolute Gasteiger partial charge is 0.496 e. The van der Waals surface area contributed by atoms with E-state index in [4.69, 9.17) is 21.4 Å². The summed E-state index contributed by atoms with van der Waals surface area (Å²) in [5.74, 6) is 1.97. The van der Waals surface area contributed by atoms with Crippen molar-refractivity contribution in [2.75, 3.05) is 19.0 Å². The summed E-state index contributed by atoms with van der Waals surface area (Å²) in [6.07, 6.45) is 1.74. The van der Waals surface area contributed by atoms with Crippen molar-refractivity contribution in [3.63, 3.8) is 0 Å². The van der Waals surface area contributed by atoms with Crippen molar-refractivity contribution >= 4 is 17.4 Å². The van der Waals surface area contributed by atoms with Gasteiger partial charge in [-0.05, 0) is 30.7 Å². The standard InChI is InChI=1S/C19H18ClN3O/c1-24-18-8-3-2-5-13(18)11-17-16-9-10-21-19(16)23(22-17)15-7-4-6-14(20)12-15/h2-8,12,21H,9-11H2,1H3. The Morgan fingerprint density at radius 2 is 2.08 bits per heavy atom. The Morgan fingerprint density at radius 1 is 1.21 bits per heavy atom. The van der Waals surface area contributed by atoms with E-state index >= 15 is 0 Å². The number of hydrogen-bond donors (Lipinski definition) is 1. The molecule has 0 radical (unpaired) electrons. The monoisotopic (exact) mass is 339 g/mol. The smallest absolute Gasteiger partial charge is 0.133 e. The Balaban J connectivity index is 1.76. The molecule has 0 saturated carbocycles. The predicted molar refractivity (Wildman–Crippen MR) is 96.6 cm³/mol. The maximum absolute atomic E-state index is 6.14. The van der Waals surface area contributed by atoms with Crippen LogP contribution < -0.4 is 10.1 Å². The van der Waals surface area contributed by atoms with Gasteiger partial charge in [-0.25, -0.2) is 4.68 Å². The van der Waals surface area contributed by atoms with E-state index in [1.807, 2.05) is 47.1 Å². The number of halogens is 1. The highest BCUT2D eigenvalue weighted by molar-refractivity contribution is 6.30. The van der Waals surface area contributed by atoms with Gasteiger partial charge in [0.2, 0.25) is 0 Å². The van der Waals surface area contributed by atoms with E-state index in [9.17, 15) is 0 Å². The van der Waals surface area contributed by atoms with Crippen LogP contribution >= 0.6 is 11.6 Å². The minimum Gasteiger partial charge on any atom is -0.496 e. The van der Waals surface area contributed by atoms with Gasteiger partial charge in [0.05, 0.1) is 18.5 Å². The number of hydrogen-bond acceptors (Lipinski definition) is 3. The molecule has 2 heterocycles. The summed E-state index contributed by atoms with van der Waals surface area (Å²) in [7, 11) is 1.70.